The van der Waals surface area contributed by atoms with Gasteiger partial charge in [-0.05, 0) is 12.1 Å². The third-order valence-electron chi connectivity index (χ3n) is 2.64. The van der Waals surface area contributed by atoms with Gasteiger partial charge in [-0.15, -0.1) is 0 Å². The highest BCUT2D eigenvalue weighted by Crippen LogP contribution is 2.17. The molecule has 0 spiro atoms. The van der Waals surface area contributed by atoms with E-state index in [0.717, 1.165) is 16.9 Å². The number of nitrogens with zero attached hydrogens (tertiary/aromatic N) is 4. The summed E-state index contributed by atoms with van der Waals surface area (Å²) in [6.45, 7) is 0.637. The van der Waals surface area contributed by atoms with Crippen molar-refractivity contribution in [3.05, 3.63) is 30.1 Å². The SMILES string of the molecule is N#CCCc1nc2ccccc2n1CCC#N. The monoisotopic (exact) mass is 224 g/mol. The van der Waals surface area contributed by atoms with Crippen LogP contribution in [0.25, 0.3) is 11.0 Å². The van der Waals surface area contributed by atoms with Crippen LogP contribution in [0.5, 0.6) is 0 Å². The highest BCUT2D eigenvalue weighted by molar-refractivity contribution is 5.75. The summed E-state index contributed by atoms with van der Waals surface area (Å²) in [5.74, 6) is 0.892. The van der Waals surface area contributed by atoms with E-state index in [2.05, 4.69) is 17.1 Å². The van der Waals surface area contributed by atoms with Crippen molar-refractivity contribution >= 4 is 11.0 Å². The van der Waals surface area contributed by atoms with E-state index in [-0.39, 0.29) is 0 Å². The Hall–Kier alpha value is -2.33. The molecule has 0 aliphatic rings. The molecule has 0 saturated carbocycles. The number of aromatic nitrogens is 2. The Bertz CT molecular complexity index is 598. The van der Waals surface area contributed by atoms with E-state index in [4.69, 9.17) is 10.5 Å². The van der Waals surface area contributed by atoms with Gasteiger partial charge in [0.15, 0.2) is 0 Å². The molecule has 0 saturated heterocycles. The largest absolute Gasteiger partial charge is 0.327 e. The molecule has 1 aromatic heterocycles. The molecule has 0 aliphatic carbocycles. The smallest absolute Gasteiger partial charge is 0.110 e. The van der Waals surface area contributed by atoms with Crippen LogP contribution in [0.1, 0.15) is 18.7 Å². The normalized spacial score (nSPS) is 10.0. The Balaban J connectivity index is 2.42. The average Bonchev–Trinajstić information content (AvgIpc) is 2.71. The van der Waals surface area contributed by atoms with Crippen LogP contribution < -0.4 is 0 Å². The van der Waals surface area contributed by atoms with Crippen LogP contribution in [0.3, 0.4) is 0 Å². The van der Waals surface area contributed by atoms with Crippen LogP contribution in [0, 0.1) is 22.7 Å². The lowest BCUT2D eigenvalue weighted by atomic mass is 10.3. The molecule has 4 heteroatoms. The minimum atomic E-state index is 0.454. The number of nitriles is 2. The molecule has 0 radical (unpaired) electrons. The molecule has 2 rings (SSSR count). The molecule has 0 amide bonds. The van der Waals surface area contributed by atoms with Crippen molar-refractivity contribution < 1.29 is 0 Å². The first-order valence-electron chi connectivity index (χ1n) is 5.55. The molecule has 0 atom stereocenters. The van der Waals surface area contributed by atoms with Gasteiger partial charge in [0, 0.05) is 19.4 Å². The van der Waals surface area contributed by atoms with E-state index < -0.39 is 0 Å². The minimum absolute atomic E-state index is 0.454. The Kier molecular flexibility index (Phi) is 3.37. The maximum atomic E-state index is 8.67. The lowest BCUT2D eigenvalue weighted by Crippen LogP contribution is -2.03. The van der Waals surface area contributed by atoms with E-state index >= 15 is 0 Å². The van der Waals surface area contributed by atoms with Gasteiger partial charge >= 0.3 is 0 Å². The second-order valence-electron chi connectivity index (χ2n) is 3.73. The molecule has 17 heavy (non-hydrogen) atoms. The number of hydrogen-bond donors (Lipinski definition) is 0. The van der Waals surface area contributed by atoms with E-state index in [9.17, 15) is 0 Å². The van der Waals surface area contributed by atoms with Crippen LogP contribution >= 0.6 is 0 Å². The molecule has 84 valence electrons. The van der Waals surface area contributed by atoms with Gasteiger partial charge in [0.25, 0.3) is 0 Å². The van der Waals surface area contributed by atoms with Crippen molar-refractivity contribution in [1.82, 2.24) is 9.55 Å². The second-order valence-corrected chi connectivity index (χ2v) is 3.73. The molecule has 1 heterocycles. The topological polar surface area (TPSA) is 65.4 Å². The van der Waals surface area contributed by atoms with Gasteiger partial charge in [0.05, 0.1) is 29.6 Å². The van der Waals surface area contributed by atoms with Crippen LogP contribution in [-0.4, -0.2) is 9.55 Å². The first kappa shape index (κ1) is 11.2. The molecule has 0 aliphatic heterocycles. The summed E-state index contributed by atoms with van der Waals surface area (Å²) in [5, 5.41) is 17.3. The highest BCUT2D eigenvalue weighted by atomic mass is 15.1. The van der Waals surface area contributed by atoms with Gasteiger partial charge in [-0.3, -0.25) is 0 Å². The number of para-hydroxylation sites is 2. The zero-order chi connectivity index (χ0) is 12.1. The fraction of sp³-hybridized carbons (Fsp3) is 0.308. The number of benzene rings is 1. The summed E-state index contributed by atoms with van der Waals surface area (Å²) < 4.78 is 2.04. The Morgan fingerprint density at radius 3 is 2.65 bits per heavy atom. The van der Waals surface area contributed by atoms with Gasteiger partial charge in [0.1, 0.15) is 5.82 Å². The van der Waals surface area contributed by atoms with Crippen molar-refractivity contribution in [2.24, 2.45) is 0 Å². The van der Waals surface area contributed by atoms with Gasteiger partial charge in [-0.1, -0.05) is 12.1 Å². The Morgan fingerprint density at radius 2 is 1.88 bits per heavy atom. The van der Waals surface area contributed by atoms with Gasteiger partial charge in [-0.2, -0.15) is 10.5 Å². The van der Waals surface area contributed by atoms with Crippen LogP contribution in [0.15, 0.2) is 24.3 Å². The summed E-state index contributed by atoms with van der Waals surface area (Å²) in [7, 11) is 0. The standard InChI is InChI=1S/C13H12N4/c14-8-3-7-13-16-11-5-1-2-6-12(11)17(13)10-4-9-15/h1-2,5-6H,3-4,7,10H2. The number of imidazole rings is 1. The predicted molar refractivity (Wildman–Crippen MR) is 63.9 cm³/mol. The first-order chi connectivity index (χ1) is 8.36. The quantitative estimate of drug-likeness (QED) is 0.800. The van der Waals surface area contributed by atoms with E-state index in [0.29, 0.717) is 25.8 Å². The van der Waals surface area contributed by atoms with E-state index in [1.54, 1.807) is 0 Å². The maximum Gasteiger partial charge on any atom is 0.110 e. The molecule has 0 fully saturated rings. The Morgan fingerprint density at radius 1 is 1.12 bits per heavy atom. The molecule has 0 N–H and O–H groups in total. The fourth-order valence-corrected chi connectivity index (χ4v) is 1.90. The molecule has 4 nitrogen and oxygen atoms in total. The average molecular weight is 224 g/mol. The summed E-state index contributed by atoms with van der Waals surface area (Å²) in [5.41, 5.74) is 1.97. The Labute approximate surface area is 99.7 Å². The number of fused-ring (bicyclic) bond motifs is 1. The number of hydrogen-bond acceptors (Lipinski definition) is 3. The predicted octanol–water partition coefficient (Wildman–Crippen LogP) is 2.41. The summed E-state index contributed by atoms with van der Waals surface area (Å²) in [6, 6.07) is 12.1. The van der Waals surface area contributed by atoms with E-state index in [1.807, 2.05) is 28.8 Å². The van der Waals surface area contributed by atoms with E-state index in [1.165, 1.54) is 0 Å². The molecule has 0 bridgehead atoms. The maximum absolute atomic E-state index is 8.67. The third kappa shape index (κ3) is 2.26. The van der Waals surface area contributed by atoms with Crippen molar-refractivity contribution in [3.8, 4) is 12.1 Å². The van der Waals surface area contributed by atoms with Crippen LogP contribution in [-0.2, 0) is 13.0 Å². The minimum Gasteiger partial charge on any atom is -0.327 e. The van der Waals surface area contributed by atoms with Crippen molar-refractivity contribution in [1.29, 1.82) is 10.5 Å². The fourth-order valence-electron chi connectivity index (χ4n) is 1.90. The van der Waals surface area contributed by atoms with Gasteiger partial charge in [-0.25, -0.2) is 4.98 Å². The van der Waals surface area contributed by atoms with Crippen molar-refractivity contribution in [2.45, 2.75) is 25.8 Å². The molecule has 0 unspecified atom stereocenters. The second kappa shape index (κ2) is 5.14. The highest BCUT2D eigenvalue weighted by Gasteiger charge is 2.09. The molecule has 1 aromatic carbocycles. The lowest BCUT2D eigenvalue weighted by molar-refractivity contribution is 0.680. The van der Waals surface area contributed by atoms with Crippen LogP contribution in [0.2, 0.25) is 0 Å². The molecular formula is C13H12N4. The summed E-state index contributed by atoms with van der Waals surface area (Å²) >= 11 is 0. The van der Waals surface area contributed by atoms with Crippen molar-refractivity contribution in [3.63, 3.8) is 0 Å². The van der Waals surface area contributed by atoms with Crippen molar-refractivity contribution in [2.75, 3.05) is 0 Å². The first-order valence-corrected chi connectivity index (χ1v) is 5.55. The van der Waals surface area contributed by atoms with Gasteiger partial charge < -0.3 is 4.57 Å². The van der Waals surface area contributed by atoms with Crippen LogP contribution in [0.4, 0.5) is 0 Å². The number of rotatable bonds is 4. The zero-order valence-electron chi connectivity index (χ0n) is 9.43. The summed E-state index contributed by atoms with van der Waals surface area (Å²) in [6.07, 6.45) is 1.55. The number of aryl methyl sites for hydroxylation is 2. The summed E-state index contributed by atoms with van der Waals surface area (Å²) in [4.78, 5) is 4.51. The van der Waals surface area contributed by atoms with Gasteiger partial charge in [0.2, 0.25) is 0 Å². The molecule has 2 aromatic rings. The molecular weight excluding hydrogens is 212 g/mol. The lowest BCUT2D eigenvalue weighted by Gasteiger charge is -2.04. The third-order valence-corrected chi connectivity index (χ3v) is 2.64. The zero-order valence-corrected chi connectivity index (χ0v) is 9.43.